The summed E-state index contributed by atoms with van der Waals surface area (Å²) in [6.45, 7) is 1.75. The van der Waals surface area contributed by atoms with E-state index < -0.39 is 11.6 Å². The summed E-state index contributed by atoms with van der Waals surface area (Å²) in [6, 6.07) is 13.2. The molecule has 0 aliphatic heterocycles. The van der Waals surface area contributed by atoms with Crippen LogP contribution in [0.1, 0.15) is 5.56 Å². The Morgan fingerprint density at radius 2 is 1.79 bits per heavy atom. The third kappa shape index (κ3) is 5.10. The van der Waals surface area contributed by atoms with Crippen molar-refractivity contribution in [1.82, 2.24) is 15.3 Å². The SMILES string of the molecule is Cl.Fc1cc(F)cc(-c2cncc(CNCCOc3cccc4[nH]ccc34)c2)c1. The Morgan fingerprint density at radius 1 is 0.966 bits per heavy atom. The molecule has 4 rings (SSSR count). The van der Waals surface area contributed by atoms with Crippen LogP contribution in [0.5, 0.6) is 5.75 Å². The van der Waals surface area contributed by atoms with Crippen LogP contribution in [0.15, 0.2) is 67.1 Å². The molecule has 0 amide bonds. The number of fused-ring (bicyclic) bond motifs is 1. The molecule has 0 aliphatic rings. The number of aromatic nitrogens is 2. The van der Waals surface area contributed by atoms with Gasteiger partial charge in [0.1, 0.15) is 24.0 Å². The number of hydrogen-bond acceptors (Lipinski definition) is 3. The number of hydrogen-bond donors (Lipinski definition) is 2. The van der Waals surface area contributed by atoms with E-state index >= 15 is 0 Å². The zero-order valence-electron chi connectivity index (χ0n) is 15.5. The number of pyridine rings is 1. The van der Waals surface area contributed by atoms with Gasteiger partial charge in [-0.05, 0) is 47.5 Å². The Labute approximate surface area is 173 Å². The van der Waals surface area contributed by atoms with Crippen LogP contribution in [0.3, 0.4) is 0 Å². The van der Waals surface area contributed by atoms with E-state index in [0.29, 0.717) is 30.8 Å². The smallest absolute Gasteiger partial charge is 0.128 e. The van der Waals surface area contributed by atoms with E-state index in [-0.39, 0.29) is 12.4 Å². The van der Waals surface area contributed by atoms with Crippen molar-refractivity contribution in [3.8, 4) is 16.9 Å². The van der Waals surface area contributed by atoms with E-state index in [9.17, 15) is 8.78 Å². The zero-order valence-corrected chi connectivity index (χ0v) is 16.3. The number of benzene rings is 2. The molecule has 29 heavy (non-hydrogen) atoms. The van der Waals surface area contributed by atoms with Gasteiger partial charge in [0.05, 0.1) is 0 Å². The number of nitrogens with one attached hydrogen (secondary N) is 2. The number of aromatic amines is 1. The first-order valence-electron chi connectivity index (χ1n) is 8.99. The molecule has 150 valence electrons. The van der Waals surface area contributed by atoms with E-state index in [4.69, 9.17) is 4.74 Å². The average Bonchev–Trinajstić information content (AvgIpc) is 3.17. The maximum absolute atomic E-state index is 13.4. The zero-order chi connectivity index (χ0) is 19.3. The van der Waals surface area contributed by atoms with E-state index in [2.05, 4.69) is 15.3 Å². The lowest BCUT2D eigenvalue weighted by molar-refractivity contribution is 0.317. The Hall–Kier alpha value is -2.96. The highest BCUT2D eigenvalue weighted by atomic mass is 35.5. The van der Waals surface area contributed by atoms with Gasteiger partial charge in [0, 0.05) is 54.2 Å². The maximum atomic E-state index is 13.4. The van der Waals surface area contributed by atoms with Crippen molar-refractivity contribution in [1.29, 1.82) is 0 Å². The molecule has 4 aromatic rings. The maximum Gasteiger partial charge on any atom is 0.128 e. The van der Waals surface area contributed by atoms with E-state index in [0.717, 1.165) is 28.3 Å². The minimum absolute atomic E-state index is 0. The number of halogens is 3. The highest BCUT2D eigenvalue weighted by Crippen LogP contribution is 2.24. The fraction of sp³-hybridized carbons (Fsp3) is 0.136. The molecule has 2 aromatic carbocycles. The lowest BCUT2D eigenvalue weighted by Crippen LogP contribution is -2.20. The second-order valence-corrected chi connectivity index (χ2v) is 6.46. The molecule has 0 bridgehead atoms. The van der Waals surface area contributed by atoms with Crippen LogP contribution in [0.4, 0.5) is 8.78 Å². The molecule has 0 saturated heterocycles. The van der Waals surface area contributed by atoms with E-state index in [1.54, 1.807) is 12.4 Å². The van der Waals surface area contributed by atoms with Gasteiger partial charge >= 0.3 is 0 Å². The van der Waals surface area contributed by atoms with Gasteiger partial charge in [0.2, 0.25) is 0 Å². The Morgan fingerprint density at radius 3 is 2.62 bits per heavy atom. The molecule has 0 atom stereocenters. The minimum atomic E-state index is -0.604. The van der Waals surface area contributed by atoms with Crippen LogP contribution in [0.25, 0.3) is 22.0 Å². The lowest BCUT2D eigenvalue weighted by Gasteiger charge is -2.09. The fourth-order valence-corrected chi connectivity index (χ4v) is 3.11. The quantitative estimate of drug-likeness (QED) is 0.413. The molecule has 0 unspecified atom stereocenters. The normalized spacial score (nSPS) is 10.7. The predicted molar refractivity (Wildman–Crippen MR) is 112 cm³/mol. The number of ether oxygens (including phenoxy) is 1. The molecular weight excluding hydrogens is 396 g/mol. The molecular formula is C22H20ClF2N3O. The first-order valence-corrected chi connectivity index (χ1v) is 8.99. The summed E-state index contributed by atoms with van der Waals surface area (Å²) in [5.41, 5.74) is 3.11. The Bertz CT molecular complexity index is 1080. The van der Waals surface area contributed by atoms with Gasteiger partial charge in [-0.2, -0.15) is 0 Å². The summed E-state index contributed by atoms with van der Waals surface area (Å²) in [5.74, 6) is -0.362. The first-order chi connectivity index (χ1) is 13.7. The van der Waals surface area contributed by atoms with Gasteiger partial charge in [0.25, 0.3) is 0 Å². The van der Waals surface area contributed by atoms with Gasteiger partial charge in [0.15, 0.2) is 0 Å². The summed E-state index contributed by atoms with van der Waals surface area (Å²) >= 11 is 0. The molecule has 2 N–H and O–H groups in total. The van der Waals surface area contributed by atoms with Crippen molar-refractivity contribution in [3.05, 3.63) is 84.3 Å². The fourth-order valence-electron chi connectivity index (χ4n) is 3.11. The van der Waals surface area contributed by atoms with E-state index in [1.165, 1.54) is 12.1 Å². The minimum Gasteiger partial charge on any atom is -0.492 e. The third-order valence-electron chi connectivity index (χ3n) is 4.41. The largest absolute Gasteiger partial charge is 0.492 e. The second-order valence-electron chi connectivity index (χ2n) is 6.46. The third-order valence-corrected chi connectivity index (χ3v) is 4.41. The van der Waals surface area contributed by atoms with Gasteiger partial charge in [-0.1, -0.05) is 6.07 Å². The summed E-state index contributed by atoms with van der Waals surface area (Å²) in [6.07, 6.45) is 5.21. The van der Waals surface area contributed by atoms with Gasteiger partial charge < -0.3 is 15.0 Å². The Balaban J connectivity index is 0.00000240. The summed E-state index contributed by atoms with van der Waals surface area (Å²) in [4.78, 5) is 7.33. The van der Waals surface area contributed by atoms with Gasteiger partial charge in [-0.25, -0.2) is 8.78 Å². The van der Waals surface area contributed by atoms with Crippen LogP contribution in [-0.2, 0) is 6.54 Å². The molecule has 0 fully saturated rings. The van der Waals surface area contributed by atoms with Crippen LogP contribution < -0.4 is 10.1 Å². The van der Waals surface area contributed by atoms with Crippen molar-refractivity contribution in [2.75, 3.05) is 13.2 Å². The van der Waals surface area contributed by atoms with Crippen LogP contribution >= 0.6 is 12.4 Å². The molecule has 2 heterocycles. The number of nitrogens with zero attached hydrogens (tertiary/aromatic N) is 1. The predicted octanol–water partition coefficient (Wildman–Crippen LogP) is 5.10. The highest BCUT2D eigenvalue weighted by Gasteiger charge is 2.05. The van der Waals surface area contributed by atoms with Crippen molar-refractivity contribution in [2.24, 2.45) is 0 Å². The van der Waals surface area contributed by atoms with Crippen LogP contribution in [0.2, 0.25) is 0 Å². The van der Waals surface area contributed by atoms with Crippen molar-refractivity contribution in [3.63, 3.8) is 0 Å². The Kier molecular flexibility index (Phi) is 6.80. The molecule has 2 aromatic heterocycles. The summed E-state index contributed by atoms with van der Waals surface area (Å²) < 4.78 is 32.7. The molecule has 0 spiro atoms. The standard InChI is InChI=1S/C22H19F2N3O.ClH/c23-18-9-16(10-19(24)11-18)17-8-15(13-26-14-17)12-25-6-7-28-22-3-1-2-21-20(22)4-5-27-21;/h1-5,8-11,13-14,25,27H,6-7,12H2;1H. The average molecular weight is 416 g/mol. The second kappa shape index (κ2) is 9.49. The van der Waals surface area contributed by atoms with Gasteiger partial charge in [-0.3, -0.25) is 4.98 Å². The monoisotopic (exact) mass is 415 g/mol. The van der Waals surface area contributed by atoms with Gasteiger partial charge in [-0.15, -0.1) is 12.4 Å². The molecule has 0 saturated carbocycles. The summed E-state index contributed by atoms with van der Waals surface area (Å²) in [5, 5.41) is 4.35. The van der Waals surface area contributed by atoms with Crippen LogP contribution in [0, 0.1) is 11.6 Å². The van der Waals surface area contributed by atoms with Crippen molar-refractivity contribution in [2.45, 2.75) is 6.54 Å². The van der Waals surface area contributed by atoms with Crippen molar-refractivity contribution < 1.29 is 13.5 Å². The number of H-pyrrole nitrogens is 1. The van der Waals surface area contributed by atoms with E-state index in [1.807, 2.05) is 36.5 Å². The van der Waals surface area contributed by atoms with Crippen LogP contribution in [-0.4, -0.2) is 23.1 Å². The molecule has 7 heteroatoms. The lowest BCUT2D eigenvalue weighted by atomic mass is 10.1. The molecule has 4 nitrogen and oxygen atoms in total. The number of rotatable bonds is 7. The summed E-state index contributed by atoms with van der Waals surface area (Å²) in [7, 11) is 0. The topological polar surface area (TPSA) is 49.9 Å². The first kappa shape index (κ1) is 20.8. The molecule has 0 aliphatic carbocycles. The molecule has 0 radical (unpaired) electrons. The van der Waals surface area contributed by atoms with Crippen molar-refractivity contribution >= 4 is 23.3 Å². The highest BCUT2D eigenvalue weighted by molar-refractivity contribution is 5.86.